The quantitative estimate of drug-likeness (QED) is 0.738. The zero-order valence-corrected chi connectivity index (χ0v) is 15.6. The van der Waals surface area contributed by atoms with Crippen molar-refractivity contribution in [2.24, 2.45) is 0 Å². The highest BCUT2D eigenvalue weighted by atomic mass is 79.9. The van der Waals surface area contributed by atoms with Crippen LogP contribution in [0.2, 0.25) is 0 Å². The van der Waals surface area contributed by atoms with Gasteiger partial charge in [0.15, 0.2) is 0 Å². The third-order valence-corrected chi connectivity index (χ3v) is 4.95. The van der Waals surface area contributed by atoms with E-state index in [4.69, 9.17) is 0 Å². The fourth-order valence-corrected chi connectivity index (χ4v) is 3.31. The van der Waals surface area contributed by atoms with Crippen molar-refractivity contribution in [2.45, 2.75) is 19.3 Å². The topological polar surface area (TPSA) is 44.4 Å². The lowest BCUT2D eigenvalue weighted by atomic mass is 10.1. The molecule has 2 N–H and O–H groups in total. The number of benzene rings is 2. The predicted octanol–water partition coefficient (Wildman–Crippen LogP) is 5.23. The van der Waals surface area contributed by atoms with E-state index < -0.39 is 0 Å². The molecule has 2 amide bonds. The summed E-state index contributed by atoms with van der Waals surface area (Å²) < 4.78 is 0.988. The van der Waals surface area contributed by atoms with Crippen molar-refractivity contribution in [3.63, 3.8) is 0 Å². The molecule has 0 unspecified atom stereocenters. The molecule has 0 saturated carbocycles. The minimum Gasteiger partial charge on any atom is -0.372 e. The summed E-state index contributed by atoms with van der Waals surface area (Å²) in [5.41, 5.74) is 3.01. The lowest BCUT2D eigenvalue weighted by molar-refractivity contribution is 0.255. The van der Waals surface area contributed by atoms with Gasteiger partial charge in [-0.25, -0.2) is 4.79 Å². The Balaban J connectivity index is 1.51. The lowest BCUT2D eigenvalue weighted by Gasteiger charge is -2.28. The largest absolute Gasteiger partial charge is 0.372 e. The number of rotatable bonds is 4. The van der Waals surface area contributed by atoms with Gasteiger partial charge in [0.25, 0.3) is 0 Å². The number of hydrogen-bond donors (Lipinski definition) is 2. The Labute approximate surface area is 157 Å². The van der Waals surface area contributed by atoms with E-state index in [2.05, 4.69) is 43.6 Å². The van der Waals surface area contributed by atoms with Gasteiger partial charge in [-0.05, 0) is 61.2 Å². The van der Waals surface area contributed by atoms with Crippen LogP contribution < -0.4 is 15.5 Å². The molecule has 1 aliphatic heterocycles. The molecule has 1 saturated heterocycles. The van der Waals surface area contributed by atoms with Gasteiger partial charge in [-0.15, -0.1) is 0 Å². The molecule has 0 aliphatic carbocycles. The molecule has 2 aromatic carbocycles. The Morgan fingerprint density at radius 3 is 2.44 bits per heavy atom. The van der Waals surface area contributed by atoms with E-state index in [1.54, 1.807) is 6.20 Å². The minimum atomic E-state index is -0.256. The van der Waals surface area contributed by atoms with Crippen LogP contribution in [0.15, 0.2) is 59.2 Å². The van der Waals surface area contributed by atoms with Crippen molar-refractivity contribution in [3.8, 4) is 0 Å². The standard InChI is InChI=1S/C20H22BrN3O/c21-19-7-3-2-6-16(19)12-13-22-20(25)23-17-8-10-18(11-9-17)24-14-4-1-5-15-24/h2-3,6-13H,1,4-5,14-15H2,(H2,22,23,25)/b13-12+. The van der Waals surface area contributed by atoms with Crippen LogP contribution in [0.25, 0.3) is 6.08 Å². The molecule has 25 heavy (non-hydrogen) atoms. The summed E-state index contributed by atoms with van der Waals surface area (Å²) in [5.74, 6) is 0. The molecule has 130 valence electrons. The SMILES string of the molecule is O=C(N/C=C/c1ccccc1Br)Nc1ccc(N2CCCCC2)cc1. The third-order valence-electron chi connectivity index (χ3n) is 4.23. The van der Waals surface area contributed by atoms with Crippen LogP contribution >= 0.6 is 15.9 Å². The van der Waals surface area contributed by atoms with Crippen molar-refractivity contribution < 1.29 is 4.79 Å². The molecular formula is C20H22BrN3O. The molecule has 1 heterocycles. The number of urea groups is 1. The summed E-state index contributed by atoms with van der Waals surface area (Å²) in [5, 5.41) is 5.56. The second-order valence-corrected chi connectivity index (χ2v) is 6.90. The number of hydrogen-bond acceptors (Lipinski definition) is 2. The number of nitrogens with one attached hydrogen (secondary N) is 2. The van der Waals surface area contributed by atoms with Crippen LogP contribution in [0, 0.1) is 0 Å². The number of halogens is 1. The molecule has 0 bridgehead atoms. The Bertz CT molecular complexity index is 737. The molecule has 1 aliphatic rings. The molecular weight excluding hydrogens is 378 g/mol. The Morgan fingerprint density at radius 1 is 1.00 bits per heavy atom. The lowest BCUT2D eigenvalue weighted by Crippen LogP contribution is -2.29. The fourth-order valence-electron chi connectivity index (χ4n) is 2.89. The maximum atomic E-state index is 12.0. The van der Waals surface area contributed by atoms with Gasteiger partial charge in [0, 0.05) is 35.1 Å². The van der Waals surface area contributed by atoms with E-state index in [-0.39, 0.29) is 6.03 Å². The van der Waals surface area contributed by atoms with E-state index in [0.717, 1.165) is 28.8 Å². The molecule has 1 fully saturated rings. The van der Waals surface area contributed by atoms with Crippen LogP contribution in [0.1, 0.15) is 24.8 Å². The molecule has 0 atom stereocenters. The highest BCUT2D eigenvalue weighted by Crippen LogP contribution is 2.21. The molecule has 2 aromatic rings. The van der Waals surface area contributed by atoms with Crippen molar-refractivity contribution in [1.29, 1.82) is 0 Å². The summed E-state index contributed by atoms with van der Waals surface area (Å²) >= 11 is 3.47. The molecule has 4 nitrogen and oxygen atoms in total. The monoisotopic (exact) mass is 399 g/mol. The first kappa shape index (κ1) is 17.5. The zero-order chi connectivity index (χ0) is 17.5. The first-order valence-electron chi connectivity index (χ1n) is 8.56. The molecule has 0 aromatic heterocycles. The molecule has 0 radical (unpaired) electrons. The summed E-state index contributed by atoms with van der Waals surface area (Å²) in [6, 6.07) is 15.6. The normalized spacial score (nSPS) is 14.5. The van der Waals surface area contributed by atoms with E-state index >= 15 is 0 Å². The first-order chi connectivity index (χ1) is 12.2. The van der Waals surface area contributed by atoms with Gasteiger partial charge in [0.05, 0.1) is 0 Å². The second kappa shape index (κ2) is 8.72. The van der Waals surface area contributed by atoms with Crippen LogP contribution in [0.3, 0.4) is 0 Å². The summed E-state index contributed by atoms with van der Waals surface area (Å²) in [4.78, 5) is 14.4. The highest BCUT2D eigenvalue weighted by molar-refractivity contribution is 9.10. The van der Waals surface area contributed by atoms with Gasteiger partial charge >= 0.3 is 6.03 Å². The fraction of sp³-hybridized carbons (Fsp3) is 0.250. The average molecular weight is 400 g/mol. The highest BCUT2D eigenvalue weighted by Gasteiger charge is 2.10. The average Bonchev–Trinajstić information content (AvgIpc) is 2.65. The van der Waals surface area contributed by atoms with Crippen LogP contribution in [-0.2, 0) is 0 Å². The Kier molecular flexibility index (Phi) is 6.12. The van der Waals surface area contributed by atoms with Crippen LogP contribution in [-0.4, -0.2) is 19.1 Å². The first-order valence-corrected chi connectivity index (χ1v) is 9.35. The molecule has 3 rings (SSSR count). The summed E-state index contributed by atoms with van der Waals surface area (Å²) in [6.07, 6.45) is 7.32. The number of anilines is 2. The van der Waals surface area contributed by atoms with E-state index in [1.807, 2.05) is 42.5 Å². The number of amides is 2. The van der Waals surface area contributed by atoms with E-state index in [0.29, 0.717) is 0 Å². The van der Waals surface area contributed by atoms with Crippen LogP contribution in [0.5, 0.6) is 0 Å². The van der Waals surface area contributed by atoms with Gasteiger partial charge in [0.1, 0.15) is 0 Å². The van der Waals surface area contributed by atoms with Gasteiger partial charge in [-0.2, -0.15) is 0 Å². The minimum absolute atomic E-state index is 0.256. The van der Waals surface area contributed by atoms with Crippen molar-refractivity contribution in [1.82, 2.24) is 5.32 Å². The Morgan fingerprint density at radius 2 is 1.72 bits per heavy atom. The van der Waals surface area contributed by atoms with Gasteiger partial charge in [-0.1, -0.05) is 34.1 Å². The Hall–Kier alpha value is -2.27. The summed E-state index contributed by atoms with van der Waals surface area (Å²) in [7, 11) is 0. The maximum Gasteiger partial charge on any atom is 0.323 e. The van der Waals surface area contributed by atoms with Crippen molar-refractivity contribution >= 4 is 39.4 Å². The number of piperidine rings is 1. The number of carbonyl (C=O) groups is 1. The number of carbonyl (C=O) groups excluding carboxylic acids is 1. The van der Waals surface area contributed by atoms with Crippen LogP contribution in [0.4, 0.5) is 16.2 Å². The van der Waals surface area contributed by atoms with E-state index in [9.17, 15) is 4.79 Å². The van der Waals surface area contributed by atoms with Gasteiger partial charge in [-0.3, -0.25) is 0 Å². The van der Waals surface area contributed by atoms with Crippen molar-refractivity contribution in [2.75, 3.05) is 23.3 Å². The van der Waals surface area contributed by atoms with Gasteiger partial charge < -0.3 is 15.5 Å². The second-order valence-electron chi connectivity index (χ2n) is 6.05. The van der Waals surface area contributed by atoms with Gasteiger partial charge in [0.2, 0.25) is 0 Å². The predicted molar refractivity (Wildman–Crippen MR) is 108 cm³/mol. The number of nitrogens with zero attached hydrogens (tertiary/aromatic N) is 1. The molecule has 5 heteroatoms. The zero-order valence-electron chi connectivity index (χ0n) is 14.0. The van der Waals surface area contributed by atoms with E-state index in [1.165, 1.54) is 24.9 Å². The summed E-state index contributed by atoms with van der Waals surface area (Å²) in [6.45, 7) is 2.24. The maximum absolute atomic E-state index is 12.0. The van der Waals surface area contributed by atoms with Crippen molar-refractivity contribution in [3.05, 3.63) is 64.8 Å². The smallest absolute Gasteiger partial charge is 0.323 e. The third kappa shape index (κ3) is 5.10. The molecule has 0 spiro atoms.